The normalized spacial score (nSPS) is 15.7. The lowest BCUT2D eigenvalue weighted by Gasteiger charge is -2.24. The summed E-state index contributed by atoms with van der Waals surface area (Å²) in [6, 6.07) is 5.10. The van der Waals surface area contributed by atoms with Crippen LogP contribution in [0.25, 0.3) is 0 Å². The first-order valence-corrected chi connectivity index (χ1v) is 6.85. The average molecular weight is 329 g/mol. The molecule has 0 radical (unpaired) electrons. The number of carbonyl (C=O) groups excluding carboxylic acids is 2. The fraction of sp³-hybridized carbons (Fsp3) is 0.143. The second-order valence-corrected chi connectivity index (χ2v) is 5.00. The topological polar surface area (TPSA) is 46.6 Å². The summed E-state index contributed by atoms with van der Waals surface area (Å²) in [5.41, 5.74) is -0.247. The molecule has 0 aliphatic carbocycles. The first-order chi connectivity index (χ1) is 10.5. The quantitative estimate of drug-likeness (QED) is 0.370. The highest BCUT2D eigenvalue weighted by molar-refractivity contribution is 8.00. The number of allylic oxidation sites excluding steroid dienone is 2. The first kappa shape index (κ1) is 16.2. The Morgan fingerprint density at radius 3 is 2.50 bits per heavy atom. The Bertz CT molecular complexity index is 675. The van der Waals surface area contributed by atoms with Crippen LogP contribution in [0.5, 0.6) is 0 Å². The molecule has 0 spiro atoms. The molecule has 2 rings (SSSR count). The van der Waals surface area contributed by atoms with Crippen molar-refractivity contribution in [1.82, 2.24) is 4.31 Å². The van der Waals surface area contributed by atoms with Gasteiger partial charge in [-0.05, 0) is 18.0 Å². The summed E-state index contributed by atoms with van der Waals surface area (Å²) in [5, 5.41) is 0.886. The molecule has 4 nitrogen and oxygen atoms in total. The zero-order chi connectivity index (χ0) is 16.3. The highest BCUT2D eigenvalue weighted by atomic mass is 32.2. The molecule has 116 valence electrons. The van der Waals surface area contributed by atoms with Gasteiger partial charge in [-0.2, -0.15) is 4.39 Å². The molecule has 0 saturated carbocycles. The molecule has 0 N–H and O–H groups in total. The molecule has 0 saturated heterocycles. The van der Waals surface area contributed by atoms with Gasteiger partial charge in [-0.15, -0.1) is 0 Å². The molecule has 0 bridgehead atoms. The molecule has 8 heteroatoms. The number of amides is 1. The molecular formula is C14H10F3NO3S. The van der Waals surface area contributed by atoms with E-state index in [-0.39, 0.29) is 5.56 Å². The van der Waals surface area contributed by atoms with Crippen molar-refractivity contribution >= 4 is 23.8 Å². The highest BCUT2D eigenvalue weighted by Gasteiger charge is 2.37. The minimum atomic E-state index is -1.69. The molecule has 0 aromatic heterocycles. The van der Waals surface area contributed by atoms with Crippen LogP contribution in [0.2, 0.25) is 0 Å². The van der Waals surface area contributed by atoms with Crippen molar-refractivity contribution in [2.24, 2.45) is 0 Å². The van der Waals surface area contributed by atoms with E-state index in [0.717, 1.165) is 18.6 Å². The summed E-state index contributed by atoms with van der Waals surface area (Å²) < 4.78 is 45.5. The van der Waals surface area contributed by atoms with Crippen LogP contribution in [-0.4, -0.2) is 23.3 Å². The van der Waals surface area contributed by atoms with Crippen LogP contribution in [0.1, 0.15) is 11.5 Å². The predicted octanol–water partition coefficient (Wildman–Crippen LogP) is 3.19. The van der Waals surface area contributed by atoms with Gasteiger partial charge in [0, 0.05) is 17.0 Å². The molecule has 1 atom stereocenters. The van der Waals surface area contributed by atoms with E-state index in [9.17, 15) is 22.8 Å². The van der Waals surface area contributed by atoms with Crippen molar-refractivity contribution in [2.45, 2.75) is 5.92 Å². The molecule has 0 fully saturated rings. The molecule has 1 amide bonds. The van der Waals surface area contributed by atoms with E-state index >= 15 is 0 Å². The number of carbonyl (C=O) groups is 2. The van der Waals surface area contributed by atoms with E-state index in [1.807, 2.05) is 0 Å². The van der Waals surface area contributed by atoms with Gasteiger partial charge in [0.25, 0.3) is 5.91 Å². The second-order valence-electron chi connectivity index (χ2n) is 4.19. The second kappa shape index (κ2) is 6.69. The number of esters is 1. The van der Waals surface area contributed by atoms with Crippen molar-refractivity contribution in [3.8, 4) is 0 Å². The van der Waals surface area contributed by atoms with E-state index in [2.05, 4.69) is 4.74 Å². The van der Waals surface area contributed by atoms with Gasteiger partial charge in [0.2, 0.25) is 5.95 Å². The van der Waals surface area contributed by atoms with Crippen molar-refractivity contribution in [1.29, 1.82) is 0 Å². The molecule has 1 unspecified atom stereocenters. The Kier molecular flexibility index (Phi) is 4.92. The lowest BCUT2D eigenvalue weighted by Crippen LogP contribution is -2.34. The molecule has 1 aromatic carbocycles. The van der Waals surface area contributed by atoms with Crippen molar-refractivity contribution in [3.05, 3.63) is 58.9 Å². The zero-order valence-electron chi connectivity index (χ0n) is 11.3. The lowest BCUT2D eigenvalue weighted by molar-refractivity contribution is -0.147. The van der Waals surface area contributed by atoms with Gasteiger partial charge in [-0.25, -0.2) is 13.1 Å². The Morgan fingerprint density at radius 2 is 1.91 bits per heavy atom. The monoisotopic (exact) mass is 329 g/mol. The fourth-order valence-electron chi connectivity index (χ4n) is 1.82. The van der Waals surface area contributed by atoms with Gasteiger partial charge in [0.1, 0.15) is 11.6 Å². The third kappa shape index (κ3) is 3.16. The van der Waals surface area contributed by atoms with Gasteiger partial charge in [-0.3, -0.25) is 9.59 Å². The summed E-state index contributed by atoms with van der Waals surface area (Å²) in [7, 11) is 1.03. The van der Waals surface area contributed by atoms with Crippen LogP contribution in [0.15, 0.2) is 47.5 Å². The SMILES string of the molecule is COC(=O)C(C(=O)N1SC=C(F)C=C1F)c1ccccc1F. The van der Waals surface area contributed by atoms with Gasteiger partial charge < -0.3 is 4.74 Å². The standard InChI is InChI=1S/C14H10F3NO3S/c1-21-14(20)12(9-4-2-3-5-10(9)16)13(19)18-11(17)6-8(15)7-22-18/h2-7,12H,1H3. The minimum absolute atomic E-state index is 0.247. The molecule has 1 aromatic rings. The average Bonchev–Trinajstić information content (AvgIpc) is 2.49. The third-order valence-electron chi connectivity index (χ3n) is 2.82. The van der Waals surface area contributed by atoms with Crippen LogP contribution >= 0.6 is 11.9 Å². The van der Waals surface area contributed by atoms with E-state index in [1.54, 1.807) is 0 Å². The maximum Gasteiger partial charge on any atom is 0.322 e. The van der Waals surface area contributed by atoms with Crippen LogP contribution in [0.4, 0.5) is 13.2 Å². The summed E-state index contributed by atoms with van der Waals surface area (Å²) in [6.07, 6.45) is 0.490. The van der Waals surface area contributed by atoms with Gasteiger partial charge in [0.15, 0.2) is 5.92 Å². The molecule has 1 aliphatic rings. The van der Waals surface area contributed by atoms with E-state index in [1.165, 1.54) is 18.2 Å². The number of hydrogen-bond acceptors (Lipinski definition) is 4. The number of rotatable bonds is 3. The lowest BCUT2D eigenvalue weighted by atomic mass is 9.97. The van der Waals surface area contributed by atoms with Crippen molar-refractivity contribution < 1.29 is 27.5 Å². The number of nitrogens with zero attached hydrogens (tertiary/aromatic N) is 1. The number of benzene rings is 1. The first-order valence-electron chi connectivity index (χ1n) is 6.01. The van der Waals surface area contributed by atoms with Crippen LogP contribution in [0.3, 0.4) is 0 Å². The van der Waals surface area contributed by atoms with Crippen LogP contribution in [0, 0.1) is 5.82 Å². The Hall–Kier alpha value is -2.22. The number of ether oxygens (including phenoxy) is 1. The zero-order valence-corrected chi connectivity index (χ0v) is 12.1. The molecular weight excluding hydrogens is 319 g/mol. The van der Waals surface area contributed by atoms with Crippen molar-refractivity contribution in [2.75, 3.05) is 7.11 Å². The summed E-state index contributed by atoms with van der Waals surface area (Å²) >= 11 is 0.417. The molecule has 1 aliphatic heterocycles. The fourth-order valence-corrected chi connectivity index (χ4v) is 2.46. The van der Waals surface area contributed by atoms with Gasteiger partial charge in [-0.1, -0.05) is 18.2 Å². The maximum absolute atomic E-state index is 13.9. The number of methoxy groups -OCH3 is 1. The van der Waals surface area contributed by atoms with Crippen LogP contribution < -0.4 is 0 Å². The summed E-state index contributed by atoms with van der Waals surface area (Å²) in [5.74, 6) is -6.67. The third-order valence-corrected chi connectivity index (χ3v) is 3.72. The number of hydrogen-bond donors (Lipinski definition) is 0. The number of halogens is 3. The molecule has 22 heavy (non-hydrogen) atoms. The van der Waals surface area contributed by atoms with Gasteiger partial charge >= 0.3 is 5.97 Å². The van der Waals surface area contributed by atoms with Gasteiger partial charge in [0.05, 0.1) is 7.11 Å². The van der Waals surface area contributed by atoms with Crippen molar-refractivity contribution in [3.63, 3.8) is 0 Å². The van der Waals surface area contributed by atoms with E-state index in [0.29, 0.717) is 22.3 Å². The molecule has 1 heterocycles. The van der Waals surface area contributed by atoms with E-state index < -0.39 is 35.4 Å². The minimum Gasteiger partial charge on any atom is -0.468 e. The van der Waals surface area contributed by atoms with E-state index in [4.69, 9.17) is 0 Å². The Morgan fingerprint density at radius 1 is 1.23 bits per heavy atom. The highest BCUT2D eigenvalue weighted by Crippen LogP contribution is 2.33. The predicted molar refractivity (Wildman–Crippen MR) is 74.0 cm³/mol. The Balaban J connectivity index is 2.39. The van der Waals surface area contributed by atoms with Crippen LogP contribution in [-0.2, 0) is 14.3 Å². The summed E-state index contributed by atoms with van der Waals surface area (Å²) in [6.45, 7) is 0. The Labute approximate surface area is 128 Å². The summed E-state index contributed by atoms with van der Waals surface area (Å²) in [4.78, 5) is 24.2. The largest absolute Gasteiger partial charge is 0.468 e. The maximum atomic E-state index is 13.9. The smallest absolute Gasteiger partial charge is 0.322 e.